The summed E-state index contributed by atoms with van der Waals surface area (Å²) in [6.07, 6.45) is 2.30. The summed E-state index contributed by atoms with van der Waals surface area (Å²) < 4.78 is 20.0. The highest BCUT2D eigenvalue weighted by atomic mass is 19.1. The molecule has 2 amide bonds. The molecule has 0 unspecified atom stereocenters. The van der Waals surface area contributed by atoms with E-state index in [1.165, 1.54) is 35.9 Å². The molecule has 0 spiro atoms. The minimum atomic E-state index is -0.472. The van der Waals surface area contributed by atoms with Crippen molar-refractivity contribution < 1.29 is 23.5 Å². The second kappa shape index (κ2) is 7.77. The minimum Gasteiger partial charge on any atom is -0.450 e. The summed E-state index contributed by atoms with van der Waals surface area (Å²) >= 11 is 0. The van der Waals surface area contributed by atoms with Crippen molar-refractivity contribution in [1.82, 2.24) is 14.8 Å². The van der Waals surface area contributed by atoms with Crippen molar-refractivity contribution in [1.29, 1.82) is 0 Å². The van der Waals surface area contributed by atoms with Gasteiger partial charge in [0.15, 0.2) is 0 Å². The molecule has 1 aliphatic rings. The minimum absolute atomic E-state index is 0.104. The molecular formula is C19H22FN3O4. The Morgan fingerprint density at radius 1 is 1.26 bits per heavy atom. The number of fused-ring (bicyclic) bond motifs is 1. The van der Waals surface area contributed by atoms with Crippen LogP contribution < -0.4 is 5.32 Å². The molecule has 1 fully saturated rings. The molecule has 0 saturated carbocycles. The van der Waals surface area contributed by atoms with Crippen molar-refractivity contribution in [3.63, 3.8) is 0 Å². The topological polar surface area (TPSA) is 80.6 Å². The van der Waals surface area contributed by atoms with Gasteiger partial charge in [-0.25, -0.2) is 9.18 Å². The van der Waals surface area contributed by atoms with Crippen LogP contribution in [0.5, 0.6) is 0 Å². The van der Waals surface area contributed by atoms with Gasteiger partial charge in [-0.1, -0.05) is 0 Å². The fraction of sp³-hybridized carbons (Fsp3) is 0.421. The Morgan fingerprint density at radius 3 is 2.59 bits per heavy atom. The van der Waals surface area contributed by atoms with Crippen LogP contribution in [0.25, 0.3) is 10.9 Å². The number of rotatable bonds is 3. The van der Waals surface area contributed by atoms with E-state index in [-0.39, 0.29) is 29.5 Å². The Morgan fingerprint density at radius 2 is 1.96 bits per heavy atom. The van der Waals surface area contributed by atoms with Crippen LogP contribution in [-0.2, 0) is 4.74 Å². The number of nitrogens with zero attached hydrogens (tertiary/aromatic N) is 2. The van der Waals surface area contributed by atoms with Crippen molar-refractivity contribution in [3.8, 4) is 0 Å². The standard InChI is InChI=1S/C19H22FN3O4/c1-3-27-19(26)22-8-6-14(7-9-22)21-18(25)16-11-23(12(2)24)17-5-4-13(20)10-15(16)17/h4-5,10-11,14H,3,6-9H2,1-2H3,(H,21,25). The lowest BCUT2D eigenvalue weighted by atomic mass is 10.0. The van der Waals surface area contributed by atoms with Gasteiger partial charge in [0.1, 0.15) is 5.82 Å². The Kier molecular flexibility index (Phi) is 5.43. The molecule has 27 heavy (non-hydrogen) atoms. The van der Waals surface area contributed by atoms with E-state index >= 15 is 0 Å². The summed E-state index contributed by atoms with van der Waals surface area (Å²) in [5.74, 6) is -1.09. The number of halogens is 1. The first-order valence-electron chi connectivity index (χ1n) is 8.94. The largest absolute Gasteiger partial charge is 0.450 e. The van der Waals surface area contributed by atoms with Crippen LogP contribution in [0.1, 0.15) is 41.8 Å². The summed E-state index contributed by atoms with van der Waals surface area (Å²) in [7, 11) is 0. The number of hydrogen-bond donors (Lipinski definition) is 1. The van der Waals surface area contributed by atoms with Crippen LogP contribution >= 0.6 is 0 Å². The third kappa shape index (κ3) is 3.94. The second-order valence-corrected chi connectivity index (χ2v) is 6.53. The van der Waals surface area contributed by atoms with Crippen LogP contribution in [0.2, 0.25) is 0 Å². The van der Waals surface area contributed by atoms with E-state index in [9.17, 15) is 18.8 Å². The monoisotopic (exact) mass is 375 g/mol. The molecule has 1 saturated heterocycles. The number of ether oxygens (including phenoxy) is 1. The van der Waals surface area contributed by atoms with Crippen LogP contribution in [0.15, 0.2) is 24.4 Å². The molecular weight excluding hydrogens is 353 g/mol. The third-order valence-corrected chi connectivity index (χ3v) is 4.71. The van der Waals surface area contributed by atoms with Crippen LogP contribution in [0.4, 0.5) is 9.18 Å². The number of likely N-dealkylation sites (tertiary alicyclic amines) is 1. The lowest BCUT2D eigenvalue weighted by molar-refractivity contribution is 0.0861. The predicted octanol–water partition coefficient (Wildman–Crippen LogP) is 2.79. The highest BCUT2D eigenvalue weighted by molar-refractivity contribution is 6.09. The zero-order valence-electron chi connectivity index (χ0n) is 15.3. The van der Waals surface area contributed by atoms with E-state index < -0.39 is 5.82 Å². The molecule has 1 aromatic carbocycles. The molecule has 1 aromatic heterocycles. The number of amides is 2. The highest BCUT2D eigenvalue weighted by Crippen LogP contribution is 2.23. The molecule has 1 aliphatic heterocycles. The van der Waals surface area contributed by atoms with Crippen molar-refractivity contribution in [3.05, 3.63) is 35.8 Å². The molecule has 1 N–H and O–H groups in total. The fourth-order valence-electron chi connectivity index (χ4n) is 3.33. The highest BCUT2D eigenvalue weighted by Gasteiger charge is 2.26. The zero-order valence-corrected chi connectivity index (χ0v) is 15.3. The normalized spacial score (nSPS) is 15.0. The number of carbonyl (C=O) groups excluding carboxylic acids is 3. The van der Waals surface area contributed by atoms with E-state index in [2.05, 4.69) is 5.32 Å². The number of nitrogens with one attached hydrogen (secondary N) is 1. The number of benzene rings is 1. The van der Waals surface area contributed by atoms with Crippen molar-refractivity contribution in [2.45, 2.75) is 32.7 Å². The molecule has 3 rings (SSSR count). The molecule has 8 heteroatoms. The second-order valence-electron chi connectivity index (χ2n) is 6.53. The average molecular weight is 375 g/mol. The Labute approximate surface area is 156 Å². The van der Waals surface area contributed by atoms with E-state index in [0.717, 1.165) is 0 Å². The molecule has 0 bridgehead atoms. The number of aromatic nitrogens is 1. The van der Waals surface area contributed by atoms with E-state index in [1.807, 2.05) is 0 Å². The van der Waals surface area contributed by atoms with Gasteiger partial charge in [-0.15, -0.1) is 0 Å². The van der Waals surface area contributed by atoms with Gasteiger partial charge in [0.05, 0.1) is 17.7 Å². The van der Waals surface area contributed by atoms with Gasteiger partial charge < -0.3 is 15.0 Å². The molecule has 0 aliphatic carbocycles. The lowest BCUT2D eigenvalue weighted by Gasteiger charge is -2.31. The first-order chi connectivity index (χ1) is 12.9. The van der Waals surface area contributed by atoms with Crippen molar-refractivity contribution in [2.75, 3.05) is 19.7 Å². The number of piperidine rings is 1. The first-order valence-corrected chi connectivity index (χ1v) is 8.94. The fourth-order valence-corrected chi connectivity index (χ4v) is 3.33. The van der Waals surface area contributed by atoms with Gasteiger partial charge in [-0.2, -0.15) is 0 Å². The third-order valence-electron chi connectivity index (χ3n) is 4.71. The maximum atomic E-state index is 13.7. The summed E-state index contributed by atoms with van der Waals surface area (Å²) in [5.41, 5.74) is 0.749. The average Bonchev–Trinajstić information content (AvgIpc) is 3.01. The summed E-state index contributed by atoms with van der Waals surface area (Å²) in [5, 5.41) is 3.32. The van der Waals surface area contributed by atoms with Gasteiger partial charge in [0.2, 0.25) is 5.91 Å². The molecule has 2 aromatic rings. The first kappa shape index (κ1) is 18.9. The number of hydrogen-bond acceptors (Lipinski definition) is 4. The van der Waals surface area contributed by atoms with E-state index in [1.54, 1.807) is 11.8 Å². The smallest absolute Gasteiger partial charge is 0.409 e. The summed E-state index contributed by atoms with van der Waals surface area (Å²) in [6, 6.07) is 3.90. The molecule has 0 radical (unpaired) electrons. The van der Waals surface area contributed by atoms with Gasteiger partial charge in [-0.05, 0) is 38.0 Å². The number of carbonyl (C=O) groups is 3. The molecule has 2 heterocycles. The Balaban J connectivity index is 1.73. The molecule has 144 valence electrons. The summed E-state index contributed by atoms with van der Waals surface area (Å²) in [4.78, 5) is 37.9. The SMILES string of the molecule is CCOC(=O)N1CCC(NC(=O)c2cn(C(C)=O)c3ccc(F)cc23)CC1. The Hall–Kier alpha value is -2.90. The summed E-state index contributed by atoms with van der Waals surface area (Å²) in [6.45, 7) is 4.45. The predicted molar refractivity (Wildman–Crippen MR) is 97.3 cm³/mol. The van der Waals surface area contributed by atoms with Crippen LogP contribution in [-0.4, -0.2) is 53.1 Å². The van der Waals surface area contributed by atoms with Gasteiger partial charge in [-0.3, -0.25) is 14.2 Å². The van der Waals surface area contributed by atoms with E-state index in [4.69, 9.17) is 4.74 Å². The van der Waals surface area contributed by atoms with Crippen LogP contribution in [0.3, 0.4) is 0 Å². The van der Waals surface area contributed by atoms with Gasteiger partial charge in [0.25, 0.3) is 5.91 Å². The Bertz CT molecular complexity index is 884. The maximum absolute atomic E-state index is 13.7. The quantitative estimate of drug-likeness (QED) is 0.895. The maximum Gasteiger partial charge on any atom is 0.409 e. The lowest BCUT2D eigenvalue weighted by Crippen LogP contribution is -2.46. The molecule has 7 nitrogen and oxygen atoms in total. The van der Waals surface area contributed by atoms with Crippen LogP contribution in [0, 0.1) is 5.82 Å². The van der Waals surface area contributed by atoms with E-state index in [0.29, 0.717) is 43.4 Å². The van der Waals surface area contributed by atoms with Gasteiger partial charge >= 0.3 is 6.09 Å². The molecule has 0 atom stereocenters. The zero-order chi connectivity index (χ0) is 19.6. The van der Waals surface area contributed by atoms with Crippen molar-refractivity contribution >= 4 is 28.8 Å². The van der Waals surface area contributed by atoms with Crippen molar-refractivity contribution in [2.24, 2.45) is 0 Å². The van der Waals surface area contributed by atoms with Gasteiger partial charge in [0, 0.05) is 37.6 Å².